The van der Waals surface area contributed by atoms with Crippen molar-refractivity contribution in [2.75, 3.05) is 0 Å². The Kier molecular flexibility index (Phi) is 4.86. The van der Waals surface area contributed by atoms with Gasteiger partial charge in [0.05, 0.1) is 12.0 Å². The molecule has 0 aliphatic carbocycles. The summed E-state index contributed by atoms with van der Waals surface area (Å²) in [6.07, 6.45) is -0.526. The van der Waals surface area contributed by atoms with Crippen LogP contribution in [0.5, 0.6) is 5.75 Å². The van der Waals surface area contributed by atoms with E-state index in [-0.39, 0.29) is 17.0 Å². The van der Waals surface area contributed by atoms with Crippen molar-refractivity contribution in [3.8, 4) is 11.8 Å². The van der Waals surface area contributed by atoms with Crippen molar-refractivity contribution in [2.24, 2.45) is 0 Å². The summed E-state index contributed by atoms with van der Waals surface area (Å²) in [6.45, 7) is -3.13. The lowest BCUT2D eigenvalue weighted by molar-refractivity contribution is -0.136. The Labute approximate surface area is 106 Å². The van der Waals surface area contributed by atoms with Gasteiger partial charge in [-0.05, 0) is 11.6 Å². The maximum atomic E-state index is 12.2. The molecule has 96 valence electrons. The van der Waals surface area contributed by atoms with Crippen molar-refractivity contribution < 1.29 is 23.4 Å². The number of carbonyl (C=O) groups is 1. The molecule has 0 saturated carbocycles. The van der Waals surface area contributed by atoms with Gasteiger partial charge in [0, 0.05) is 11.4 Å². The molecule has 0 aromatic heterocycles. The minimum Gasteiger partial charge on any atom is -0.481 e. The van der Waals surface area contributed by atoms with Crippen LogP contribution in [0.4, 0.5) is 8.78 Å². The van der Waals surface area contributed by atoms with Gasteiger partial charge in [-0.25, -0.2) is 0 Å². The lowest BCUT2D eigenvalue weighted by Gasteiger charge is -2.12. The number of nitrogens with zero attached hydrogens (tertiary/aromatic N) is 1. The number of rotatable bonds is 5. The first kappa shape index (κ1) is 14.2. The van der Waals surface area contributed by atoms with Crippen LogP contribution in [-0.4, -0.2) is 17.7 Å². The van der Waals surface area contributed by atoms with E-state index in [0.717, 1.165) is 0 Å². The lowest BCUT2D eigenvalue weighted by atomic mass is 10.0. The molecule has 7 heteroatoms. The van der Waals surface area contributed by atoms with Gasteiger partial charge in [0.25, 0.3) is 0 Å². The predicted molar refractivity (Wildman–Crippen MR) is 58.7 cm³/mol. The molecule has 0 saturated heterocycles. The highest BCUT2D eigenvalue weighted by atomic mass is 35.5. The minimum atomic E-state index is -3.13. The first-order valence-corrected chi connectivity index (χ1v) is 5.29. The predicted octanol–water partition coefficient (Wildman–Crippen LogP) is 2.53. The molecule has 0 aliphatic heterocycles. The van der Waals surface area contributed by atoms with E-state index >= 15 is 0 Å². The van der Waals surface area contributed by atoms with Crippen molar-refractivity contribution in [1.82, 2.24) is 0 Å². The van der Waals surface area contributed by atoms with Crippen molar-refractivity contribution >= 4 is 17.6 Å². The summed E-state index contributed by atoms with van der Waals surface area (Å²) in [6, 6.07) is 4.30. The second-order valence-electron chi connectivity index (χ2n) is 3.33. The number of carboxylic acids is 1. The summed E-state index contributed by atoms with van der Waals surface area (Å²) < 4.78 is 28.7. The Bertz CT molecular complexity index is 500. The molecule has 0 bridgehead atoms. The van der Waals surface area contributed by atoms with Crippen molar-refractivity contribution in [3.05, 3.63) is 28.8 Å². The highest BCUT2D eigenvalue weighted by molar-refractivity contribution is 6.17. The summed E-state index contributed by atoms with van der Waals surface area (Å²) in [4.78, 5) is 10.6. The van der Waals surface area contributed by atoms with Gasteiger partial charge in [-0.2, -0.15) is 14.0 Å². The van der Waals surface area contributed by atoms with Crippen LogP contribution in [0.15, 0.2) is 12.1 Å². The third kappa shape index (κ3) is 3.57. The molecule has 1 N–H and O–H groups in total. The topological polar surface area (TPSA) is 70.3 Å². The maximum absolute atomic E-state index is 12.2. The Balaban J connectivity index is 3.32. The van der Waals surface area contributed by atoms with E-state index in [4.69, 9.17) is 22.0 Å². The van der Waals surface area contributed by atoms with Crippen molar-refractivity contribution in [2.45, 2.75) is 18.9 Å². The Morgan fingerprint density at radius 2 is 2.22 bits per heavy atom. The summed E-state index contributed by atoms with van der Waals surface area (Å²) in [5, 5.41) is 17.5. The number of hydrogen-bond donors (Lipinski definition) is 1. The second-order valence-corrected chi connectivity index (χ2v) is 3.59. The number of hydrogen-bond acceptors (Lipinski definition) is 3. The van der Waals surface area contributed by atoms with E-state index in [9.17, 15) is 13.6 Å². The van der Waals surface area contributed by atoms with E-state index in [1.54, 1.807) is 6.07 Å². The molecule has 0 radical (unpaired) electrons. The van der Waals surface area contributed by atoms with Crippen LogP contribution in [0.2, 0.25) is 0 Å². The first-order valence-electron chi connectivity index (χ1n) is 4.76. The smallest absolute Gasteiger partial charge is 0.387 e. The van der Waals surface area contributed by atoms with Gasteiger partial charge in [-0.1, -0.05) is 6.07 Å². The molecule has 0 unspecified atom stereocenters. The lowest BCUT2D eigenvalue weighted by Crippen LogP contribution is -2.10. The summed E-state index contributed by atoms with van der Waals surface area (Å²) >= 11 is 5.58. The molecule has 1 aromatic rings. The number of nitriles is 1. The van der Waals surface area contributed by atoms with Crippen molar-refractivity contribution in [3.63, 3.8) is 0 Å². The van der Waals surface area contributed by atoms with Crippen LogP contribution >= 0.6 is 11.6 Å². The molecule has 1 aromatic carbocycles. The fourth-order valence-electron chi connectivity index (χ4n) is 1.44. The van der Waals surface area contributed by atoms with Gasteiger partial charge in [0.15, 0.2) is 0 Å². The number of halogens is 3. The van der Waals surface area contributed by atoms with Gasteiger partial charge < -0.3 is 9.84 Å². The normalized spacial score (nSPS) is 10.2. The quantitative estimate of drug-likeness (QED) is 0.838. The summed E-state index contributed by atoms with van der Waals surface area (Å²) in [5.74, 6) is -1.59. The second kappa shape index (κ2) is 6.17. The van der Waals surface area contributed by atoms with E-state index in [1.807, 2.05) is 0 Å². The number of alkyl halides is 3. The molecule has 0 heterocycles. The highest BCUT2D eigenvalue weighted by Crippen LogP contribution is 2.28. The largest absolute Gasteiger partial charge is 0.481 e. The van der Waals surface area contributed by atoms with Gasteiger partial charge >= 0.3 is 12.6 Å². The zero-order chi connectivity index (χ0) is 13.7. The van der Waals surface area contributed by atoms with Crippen LogP contribution in [0.1, 0.15) is 16.7 Å². The average molecular weight is 276 g/mol. The molecule has 18 heavy (non-hydrogen) atoms. The Hall–Kier alpha value is -1.87. The molecular weight excluding hydrogens is 268 g/mol. The summed E-state index contributed by atoms with van der Waals surface area (Å²) in [7, 11) is 0. The van der Waals surface area contributed by atoms with Gasteiger partial charge in [-0.3, -0.25) is 4.79 Å². The van der Waals surface area contributed by atoms with Crippen LogP contribution in [-0.2, 0) is 17.1 Å². The SMILES string of the molecule is N#Cc1cc(CCl)cc(CC(=O)O)c1OC(F)F. The number of aliphatic carboxylic acids is 1. The fourth-order valence-corrected chi connectivity index (χ4v) is 1.59. The molecule has 0 spiro atoms. The zero-order valence-corrected chi connectivity index (χ0v) is 9.75. The zero-order valence-electron chi connectivity index (χ0n) is 8.99. The van der Waals surface area contributed by atoms with Crippen LogP contribution in [0.25, 0.3) is 0 Å². The van der Waals surface area contributed by atoms with Gasteiger partial charge in [-0.15, -0.1) is 11.6 Å². The number of benzene rings is 1. The van der Waals surface area contributed by atoms with E-state index in [0.29, 0.717) is 5.56 Å². The Morgan fingerprint density at radius 1 is 1.56 bits per heavy atom. The monoisotopic (exact) mass is 275 g/mol. The van der Waals surface area contributed by atoms with Crippen LogP contribution < -0.4 is 4.74 Å². The standard InChI is InChI=1S/C11H8ClF2NO3/c12-4-6-1-7(3-9(16)17)10(18-11(13)14)8(2-6)5-15/h1-2,11H,3-4H2,(H,16,17). The summed E-state index contributed by atoms with van der Waals surface area (Å²) in [5.41, 5.74) is 0.299. The molecule has 0 aliphatic rings. The highest BCUT2D eigenvalue weighted by Gasteiger charge is 2.18. The first-order chi connectivity index (χ1) is 8.47. The maximum Gasteiger partial charge on any atom is 0.387 e. The van der Waals surface area contributed by atoms with Gasteiger partial charge in [0.2, 0.25) is 0 Å². The molecule has 0 fully saturated rings. The Morgan fingerprint density at radius 3 is 2.67 bits per heavy atom. The fraction of sp³-hybridized carbons (Fsp3) is 0.273. The van der Waals surface area contributed by atoms with E-state index in [1.165, 1.54) is 12.1 Å². The minimum absolute atomic E-state index is 0.00231. The van der Waals surface area contributed by atoms with Gasteiger partial charge in [0.1, 0.15) is 11.8 Å². The number of ether oxygens (including phenoxy) is 1. The molecule has 0 amide bonds. The molecule has 1 rings (SSSR count). The van der Waals surface area contributed by atoms with E-state index < -0.39 is 24.8 Å². The van der Waals surface area contributed by atoms with Crippen LogP contribution in [0.3, 0.4) is 0 Å². The third-order valence-corrected chi connectivity index (χ3v) is 2.36. The average Bonchev–Trinajstić information content (AvgIpc) is 2.29. The van der Waals surface area contributed by atoms with E-state index in [2.05, 4.69) is 4.74 Å². The third-order valence-electron chi connectivity index (χ3n) is 2.05. The molecule has 0 atom stereocenters. The van der Waals surface area contributed by atoms with Crippen LogP contribution in [0, 0.1) is 11.3 Å². The number of carboxylic acid groups (broad SMARTS) is 1. The van der Waals surface area contributed by atoms with Crippen molar-refractivity contribution in [1.29, 1.82) is 5.26 Å². The molecular formula is C11H8ClF2NO3. The molecule has 4 nitrogen and oxygen atoms in total.